The highest BCUT2D eigenvalue weighted by Gasteiger charge is 2.24. The number of Topliss-reactive ketones (excluding diaryl/α,β-unsaturated/α-hetero) is 1. The SMILES string of the molecule is COc1ccccc1C(=O)C(CSC(=S)N(C)C)CSC(=S)N(C)C. The van der Waals surface area contributed by atoms with Crippen molar-refractivity contribution in [2.45, 2.75) is 0 Å². The number of ether oxygens (including phenoxy) is 1. The lowest BCUT2D eigenvalue weighted by Gasteiger charge is -2.20. The fraction of sp³-hybridized carbons (Fsp3) is 0.471. The van der Waals surface area contributed by atoms with Crippen LogP contribution in [0.3, 0.4) is 0 Å². The van der Waals surface area contributed by atoms with Crippen LogP contribution in [-0.4, -0.2) is 71.0 Å². The number of thiocarbonyl (C=S) groups is 2. The van der Waals surface area contributed by atoms with Gasteiger partial charge in [0.15, 0.2) is 5.78 Å². The van der Waals surface area contributed by atoms with Gasteiger partial charge in [0.1, 0.15) is 14.4 Å². The van der Waals surface area contributed by atoms with Crippen molar-refractivity contribution in [1.82, 2.24) is 9.80 Å². The van der Waals surface area contributed by atoms with Crippen molar-refractivity contribution in [2.75, 3.05) is 46.8 Å². The highest BCUT2D eigenvalue weighted by molar-refractivity contribution is 8.23. The number of benzene rings is 1. The zero-order valence-corrected chi connectivity index (χ0v) is 18.4. The molecule has 25 heavy (non-hydrogen) atoms. The summed E-state index contributed by atoms with van der Waals surface area (Å²) in [7, 11) is 9.20. The van der Waals surface area contributed by atoms with E-state index in [1.807, 2.05) is 50.1 Å². The van der Waals surface area contributed by atoms with Gasteiger partial charge in [-0.05, 0) is 12.1 Å². The zero-order chi connectivity index (χ0) is 19.0. The summed E-state index contributed by atoms with van der Waals surface area (Å²) in [6.07, 6.45) is 0. The van der Waals surface area contributed by atoms with Crippen LogP contribution in [-0.2, 0) is 0 Å². The molecule has 0 saturated heterocycles. The van der Waals surface area contributed by atoms with Crippen LogP contribution >= 0.6 is 48.0 Å². The molecule has 0 amide bonds. The van der Waals surface area contributed by atoms with E-state index in [1.165, 1.54) is 23.5 Å². The van der Waals surface area contributed by atoms with Crippen LogP contribution in [0.4, 0.5) is 0 Å². The second-order valence-electron chi connectivity index (χ2n) is 5.70. The Kier molecular flexibility index (Phi) is 9.78. The van der Waals surface area contributed by atoms with Crippen molar-refractivity contribution in [3.63, 3.8) is 0 Å². The third-order valence-electron chi connectivity index (χ3n) is 3.29. The van der Waals surface area contributed by atoms with Gasteiger partial charge in [-0.3, -0.25) is 4.79 Å². The third kappa shape index (κ3) is 7.13. The maximum atomic E-state index is 13.1. The maximum Gasteiger partial charge on any atom is 0.171 e. The fourth-order valence-electron chi connectivity index (χ4n) is 1.87. The number of methoxy groups -OCH3 is 1. The largest absolute Gasteiger partial charge is 0.496 e. The molecule has 0 radical (unpaired) electrons. The molecule has 8 heteroatoms. The standard InChI is InChI=1S/C17H24N2O2S4/c1-18(2)16(22)24-10-12(11-25-17(23)19(3)4)15(20)13-8-6-7-9-14(13)21-5/h6-9,12H,10-11H2,1-5H3. The molecule has 0 atom stereocenters. The Bertz CT molecular complexity index is 596. The van der Waals surface area contributed by atoms with Crippen molar-refractivity contribution in [3.05, 3.63) is 29.8 Å². The molecule has 0 fully saturated rings. The number of carbonyl (C=O) groups is 1. The van der Waals surface area contributed by atoms with Crippen molar-refractivity contribution >= 4 is 62.4 Å². The van der Waals surface area contributed by atoms with E-state index >= 15 is 0 Å². The molecule has 0 heterocycles. The van der Waals surface area contributed by atoms with Crippen LogP contribution in [0.25, 0.3) is 0 Å². The lowest BCUT2D eigenvalue weighted by atomic mass is 10.00. The Balaban J connectivity index is 2.93. The summed E-state index contributed by atoms with van der Waals surface area (Å²) < 4.78 is 6.87. The van der Waals surface area contributed by atoms with Crippen molar-refractivity contribution in [1.29, 1.82) is 0 Å². The molecule has 0 aliphatic heterocycles. The molecule has 0 unspecified atom stereocenters. The highest BCUT2D eigenvalue weighted by Crippen LogP contribution is 2.26. The molecular weight excluding hydrogens is 392 g/mol. The van der Waals surface area contributed by atoms with Gasteiger partial charge < -0.3 is 14.5 Å². The predicted molar refractivity (Wildman–Crippen MR) is 118 cm³/mol. The fourth-order valence-corrected chi connectivity index (χ4v) is 4.17. The Labute approximate surface area is 169 Å². The average molecular weight is 417 g/mol. The molecule has 138 valence electrons. The molecule has 0 aliphatic rings. The monoisotopic (exact) mass is 416 g/mol. The number of hydrogen-bond donors (Lipinski definition) is 0. The van der Waals surface area contributed by atoms with E-state index in [4.69, 9.17) is 29.2 Å². The minimum Gasteiger partial charge on any atom is -0.496 e. The van der Waals surface area contributed by atoms with E-state index in [0.717, 1.165) is 8.64 Å². The van der Waals surface area contributed by atoms with Gasteiger partial charge in [0.05, 0.1) is 12.7 Å². The molecular formula is C17H24N2O2S4. The minimum atomic E-state index is -0.206. The Hall–Kier alpha value is -0.830. The molecule has 0 spiro atoms. The van der Waals surface area contributed by atoms with Gasteiger partial charge in [0.25, 0.3) is 0 Å². The van der Waals surface area contributed by atoms with Gasteiger partial charge in [0.2, 0.25) is 0 Å². The number of para-hydroxylation sites is 1. The van der Waals surface area contributed by atoms with Crippen LogP contribution in [0, 0.1) is 5.92 Å². The molecule has 0 aliphatic carbocycles. The number of ketones is 1. The first-order valence-electron chi connectivity index (χ1n) is 7.63. The number of nitrogens with zero attached hydrogens (tertiary/aromatic N) is 2. The predicted octanol–water partition coefficient (Wildman–Crippen LogP) is 3.65. The van der Waals surface area contributed by atoms with Gasteiger partial charge in [-0.2, -0.15) is 0 Å². The van der Waals surface area contributed by atoms with Crippen molar-refractivity contribution in [3.8, 4) is 5.75 Å². The highest BCUT2D eigenvalue weighted by atomic mass is 32.2. The summed E-state index contributed by atoms with van der Waals surface area (Å²) in [4.78, 5) is 16.8. The van der Waals surface area contributed by atoms with Gasteiger partial charge in [-0.15, -0.1) is 0 Å². The van der Waals surface area contributed by atoms with E-state index in [1.54, 1.807) is 19.2 Å². The Morgan fingerprint density at radius 3 is 1.96 bits per heavy atom. The second kappa shape index (κ2) is 11.0. The molecule has 0 N–H and O–H groups in total. The molecule has 1 aromatic rings. The number of rotatable bonds is 7. The maximum absolute atomic E-state index is 13.1. The summed E-state index contributed by atoms with van der Waals surface area (Å²) in [5, 5.41) is 0. The van der Waals surface area contributed by atoms with Crippen LogP contribution in [0.1, 0.15) is 10.4 Å². The molecule has 1 rings (SSSR count). The van der Waals surface area contributed by atoms with Crippen molar-refractivity contribution < 1.29 is 9.53 Å². The van der Waals surface area contributed by atoms with Gasteiger partial charge in [-0.1, -0.05) is 60.1 Å². The summed E-state index contributed by atoms with van der Waals surface area (Å²) in [5.41, 5.74) is 0.600. The van der Waals surface area contributed by atoms with Crippen LogP contribution in [0.15, 0.2) is 24.3 Å². The van der Waals surface area contributed by atoms with E-state index in [2.05, 4.69) is 0 Å². The summed E-state index contributed by atoms with van der Waals surface area (Å²) in [5.74, 6) is 1.66. The lowest BCUT2D eigenvalue weighted by molar-refractivity contribution is 0.0941. The normalized spacial score (nSPS) is 10.5. The molecule has 1 aromatic carbocycles. The molecule has 0 aromatic heterocycles. The first kappa shape index (κ1) is 22.2. The van der Waals surface area contributed by atoms with Crippen LogP contribution < -0.4 is 4.74 Å². The first-order valence-corrected chi connectivity index (χ1v) is 10.4. The van der Waals surface area contributed by atoms with Crippen LogP contribution in [0.5, 0.6) is 5.75 Å². The topological polar surface area (TPSA) is 32.8 Å². The second-order valence-corrected chi connectivity index (χ2v) is 9.01. The zero-order valence-electron chi connectivity index (χ0n) is 15.1. The number of carbonyl (C=O) groups excluding carboxylic acids is 1. The van der Waals surface area contributed by atoms with Gasteiger partial charge in [-0.25, -0.2) is 0 Å². The minimum absolute atomic E-state index is 0.0561. The van der Waals surface area contributed by atoms with E-state index in [9.17, 15) is 4.79 Å². The van der Waals surface area contributed by atoms with Crippen molar-refractivity contribution in [2.24, 2.45) is 5.92 Å². The quantitative estimate of drug-likeness (QED) is 0.492. The van der Waals surface area contributed by atoms with E-state index < -0.39 is 0 Å². The Morgan fingerprint density at radius 1 is 1.04 bits per heavy atom. The van der Waals surface area contributed by atoms with Gasteiger partial charge >= 0.3 is 0 Å². The number of thioether (sulfide) groups is 2. The Morgan fingerprint density at radius 2 is 1.52 bits per heavy atom. The van der Waals surface area contributed by atoms with Crippen LogP contribution in [0.2, 0.25) is 0 Å². The van der Waals surface area contributed by atoms with E-state index in [0.29, 0.717) is 22.8 Å². The summed E-state index contributed by atoms with van der Waals surface area (Å²) >= 11 is 13.7. The lowest BCUT2D eigenvalue weighted by Crippen LogP contribution is -2.25. The molecule has 4 nitrogen and oxygen atoms in total. The molecule has 0 saturated carbocycles. The third-order valence-corrected chi connectivity index (χ3v) is 7.09. The average Bonchev–Trinajstić information content (AvgIpc) is 2.60. The number of hydrogen-bond acceptors (Lipinski definition) is 6. The smallest absolute Gasteiger partial charge is 0.171 e. The van der Waals surface area contributed by atoms with E-state index in [-0.39, 0.29) is 11.7 Å². The summed E-state index contributed by atoms with van der Waals surface area (Å²) in [6, 6.07) is 7.32. The first-order chi connectivity index (χ1) is 11.8. The summed E-state index contributed by atoms with van der Waals surface area (Å²) in [6.45, 7) is 0. The molecule has 0 bridgehead atoms. The van der Waals surface area contributed by atoms with Gasteiger partial charge in [0, 0.05) is 45.6 Å².